The van der Waals surface area contributed by atoms with E-state index in [1.807, 2.05) is 0 Å². The van der Waals surface area contributed by atoms with Gasteiger partial charge in [-0.05, 0) is 25.6 Å². The second-order valence-corrected chi connectivity index (χ2v) is 13.8. The van der Waals surface area contributed by atoms with Crippen LogP contribution in [0.2, 0.25) is 0 Å². The molecule has 0 radical (unpaired) electrons. The summed E-state index contributed by atoms with van der Waals surface area (Å²) in [6.07, 6.45) is -14.6. The summed E-state index contributed by atoms with van der Waals surface area (Å²) < 4.78 is 68.9. The predicted molar refractivity (Wildman–Crippen MR) is 167 cm³/mol. The zero-order valence-electron chi connectivity index (χ0n) is 28.2. The first-order valence-corrected chi connectivity index (χ1v) is 17.7. The third kappa shape index (κ3) is 9.23. The van der Waals surface area contributed by atoms with E-state index in [1.54, 1.807) is 7.05 Å². The number of fused-ring (bicyclic) bond motifs is 1. The number of nitrogens with one attached hydrogen (secondary N) is 1. The molecular weight excluding hydrogens is 707 g/mol. The Morgan fingerprint density at radius 2 is 1.63 bits per heavy atom. The predicted octanol–water partition coefficient (Wildman–Crippen LogP) is -2.22. The molecule has 0 aromatic heterocycles. The first-order chi connectivity index (χ1) is 24.4. The van der Waals surface area contributed by atoms with Gasteiger partial charge in [0.15, 0.2) is 25.5 Å². The largest absolute Gasteiger partial charge is 0.530 e. The topological polar surface area (TPSA) is 260 Å². The fourth-order valence-corrected chi connectivity index (χ4v) is 6.91. The second-order valence-electron chi connectivity index (χ2n) is 12.2. The van der Waals surface area contributed by atoms with Gasteiger partial charge in [-0.15, -0.1) is 0 Å². The minimum Gasteiger partial charge on any atom is -0.452 e. The monoisotopic (exact) mass is 752 g/mol. The number of carbonyl (C=O) groups excluding carboxylic acids is 2. The Kier molecular flexibility index (Phi) is 13.8. The molecule has 4 aliphatic rings. The van der Waals surface area contributed by atoms with Crippen LogP contribution in [0.1, 0.15) is 28.6 Å². The summed E-state index contributed by atoms with van der Waals surface area (Å²) in [7, 11) is 0.563. The van der Waals surface area contributed by atoms with Gasteiger partial charge < -0.3 is 73.4 Å². The first kappa shape index (κ1) is 39.8. The Labute approximate surface area is 292 Å². The van der Waals surface area contributed by atoms with Crippen molar-refractivity contribution in [3.8, 4) is 5.75 Å². The molecule has 288 valence electrons. The number of hydrogen-bond donors (Lipinski definition) is 6. The first-order valence-electron chi connectivity index (χ1n) is 16.3. The number of amides is 1. The molecule has 11 atom stereocenters. The average molecular weight is 753 g/mol. The molecule has 4 aliphatic heterocycles. The molecule has 0 aliphatic carbocycles. The Bertz CT molecular complexity index is 1380. The van der Waals surface area contributed by atoms with E-state index in [1.165, 1.54) is 37.2 Å². The molecule has 5 rings (SSSR count). The molecule has 20 nitrogen and oxygen atoms in total. The number of carbonyl (C=O) groups is 2. The van der Waals surface area contributed by atoms with Gasteiger partial charge in [0.1, 0.15) is 60.1 Å². The number of ether oxygens (including phenoxy) is 7. The Balaban J connectivity index is 1.35. The van der Waals surface area contributed by atoms with Crippen molar-refractivity contribution in [2.24, 2.45) is 0 Å². The van der Waals surface area contributed by atoms with E-state index < -0.39 is 107 Å². The molecule has 5 unspecified atom stereocenters. The molecule has 1 amide bonds. The number of aliphatic hydroxyl groups excluding tert-OH is 5. The minimum absolute atomic E-state index is 0.0969. The average Bonchev–Trinajstić information content (AvgIpc) is 3.57. The number of aliphatic hydroxyl groups is 5. The lowest BCUT2D eigenvalue weighted by atomic mass is 9.97. The molecule has 51 heavy (non-hydrogen) atoms. The number of phosphoric ester groups is 1. The summed E-state index contributed by atoms with van der Waals surface area (Å²) in [6.45, 7) is -1.16. The van der Waals surface area contributed by atoms with Gasteiger partial charge in [-0.25, -0.2) is 9.36 Å². The van der Waals surface area contributed by atoms with Gasteiger partial charge >= 0.3 is 13.8 Å². The molecule has 6 N–H and O–H groups in total. The molecule has 4 saturated heterocycles. The van der Waals surface area contributed by atoms with Gasteiger partial charge in [0.25, 0.3) is 5.91 Å². The third-order valence-electron chi connectivity index (χ3n) is 8.42. The number of likely N-dealkylation sites (N-methyl/N-ethyl adjacent to an activating group) is 2. The number of phosphoric acid groups is 1. The number of esters is 1. The maximum absolute atomic E-state index is 13.2. The highest BCUT2D eigenvalue weighted by Crippen LogP contribution is 2.52. The van der Waals surface area contributed by atoms with Gasteiger partial charge in [0.2, 0.25) is 0 Å². The van der Waals surface area contributed by atoms with E-state index in [9.17, 15) is 39.7 Å². The lowest BCUT2D eigenvalue weighted by Crippen LogP contribution is -2.64. The Hall–Kier alpha value is -2.37. The number of hydrogen-bond acceptors (Lipinski definition) is 19. The molecule has 0 spiro atoms. The lowest BCUT2D eigenvalue weighted by molar-refractivity contribution is -0.354. The summed E-state index contributed by atoms with van der Waals surface area (Å²) in [5.41, 5.74) is -0.0892. The lowest BCUT2D eigenvalue weighted by Gasteiger charge is -2.45. The smallest absolute Gasteiger partial charge is 0.452 e. The molecule has 21 heteroatoms. The SMILES string of the molecule is CNCCO[C@@H]1OC(CO)[C@H](O)C(O[C@H]2OC(CO)[C@@H]3OC(c4ccc(OP5(=O)OCCCO5)c(C(=O)OCC(=O)N(C)C)c4)OC3[C@@H]2O)[C@@H]1O. The van der Waals surface area contributed by atoms with Gasteiger partial charge in [-0.3, -0.25) is 13.8 Å². The summed E-state index contributed by atoms with van der Waals surface area (Å²) >= 11 is 0. The van der Waals surface area contributed by atoms with E-state index >= 15 is 0 Å². The summed E-state index contributed by atoms with van der Waals surface area (Å²) in [5.74, 6) is -1.77. The van der Waals surface area contributed by atoms with E-state index in [-0.39, 0.29) is 36.7 Å². The summed E-state index contributed by atoms with van der Waals surface area (Å²) in [6, 6.07) is 3.95. The van der Waals surface area contributed by atoms with Crippen molar-refractivity contribution in [1.29, 1.82) is 0 Å². The van der Waals surface area contributed by atoms with Gasteiger partial charge in [-0.2, -0.15) is 0 Å². The van der Waals surface area contributed by atoms with Crippen LogP contribution in [0, 0.1) is 0 Å². The third-order valence-corrected chi connectivity index (χ3v) is 9.84. The highest BCUT2D eigenvalue weighted by Gasteiger charge is 2.55. The standard InChI is InChI=1S/C30H45N2O18P/c1-31-7-10-41-29-22(37)25(21(36)18(12-33)45-29)48-30-23(38)26-24(19(13-34)46-30)47-28(49-26)15-5-6-17(50-51(40)43-8-4-9-44-51)16(11-15)27(39)42-14-20(35)32(2)3/h5-6,11,18-19,21-26,28-31,33-34,36-38H,4,7-10,12-14H2,1-3H3/t18?,19?,21-,22-,23-,24-,25?,26?,28?,29+,30+/m0/s1. The van der Waals surface area contributed by atoms with Crippen molar-refractivity contribution in [2.75, 3.05) is 67.3 Å². The van der Waals surface area contributed by atoms with Crippen LogP contribution in [0.15, 0.2) is 18.2 Å². The zero-order valence-corrected chi connectivity index (χ0v) is 29.1. The van der Waals surface area contributed by atoms with Crippen molar-refractivity contribution < 1.29 is 86.4 Å². The van der Waals surface area contributed by atoms with E-state index in [2.05, 4.69) is 5.32 Å². The van der Waals surface area contributed by atoms with E-state index in [4.69, 9.17) is 46.7 Å². The number of benzene rings is 1. The van der Waals surface area contributed by atoms with Crippen molar-refractivity contribution in [3.63, 3.8) is 0 Å². The fraction of sp³-hybridized carbons (Fsp3) is 0.733. The van der Waals surface area contributed by atoms with E-state index in [0.717, 1.165) is 0 Å². The van der Waals surface area contributed by atoms with Gasteiger partial charge in [0, 0.05) is 26.2 Å². The van der Waals surface area contributed by atoms with Crippen molar-refractivity contribution >= 4 is 19.7 Å². The molecule has 0 bridgehead atoms. The molecule has 4 heterocycles. The van der Waals surface area contributed by atoms with Crippen molar-refractivity contribution in [3.05, 3.63) is 29.3 Å². The van der Waals surface area contributed by atoms with Gasteiger partial charge in [-0.1, -0.05) is 6.07 Å². The molecule has 1 aromatic carbocycles. The molecular formula is C30H45N2O18P. The van der Waals surface area contributed by atoms with Crippen LogP contribution in [0.25, 0.3) is 0 Å². The van der Waals surface area contributed by atoms with Crippen LogP contribution < -0.4 is 9.84 Å². The maximum Gasteiger partial charge on any atom is 0.530 e. The minimum atomic E-state index is -4.09. The molecule has 0 saturated carbocycles. The van der Waals surface area contributed by atoms with Gasteiger partial charge in [0.05, 0.1) is 33.0 Å². The van der Waals surface area contributed by atoms with E-state index in [0.29, 0.717) is 13.0 Å². The Morgan fingerprint density at radius 1 is 0.941 bits per heavy atom. The maximum atomic E-state index is 13.2. The van der Waals surface area contributed by atoms with Crippen LogP contribution in [0.3, 0.4) is 0 Å². The van der Waals surface area contributed by atoms with Crippen LogP contribution in [-0.4, -0.2) is 171 Å². The summed E-state index contributed by atoms with van der Waals surface area (Å²) in [5, 5.41) is 56.0. The normalized spacial score (nSPS) is 34.8. The number of rotatable bonds is 14. The van der Waals surface area contributed by atoms with Crippen LogP contribution in [-0.2, 0) is 51.6 Å². The highest BCUT2D eigenvalue weighted by molar-refractivity contribution is 7.49. The zero-order chi connectivity index (χ0) is 36.9. The fourth-order valence-electron chi connectivity index (χ4n) is 5.62. The quantitative estimate of drug-likeness (QED) is 0.0668. The molecule has 1 aromatic rings. The van der Waals surface area contributed by atoms with Crippen LogP contribution >= 0.6 is 7.82 Å². The highest BCUT2D eigenvalue weighted by atomic mass is 31.2. The van der Waals surface area contributed by atoms with Crippen molar-refractivity contribution in [1.82, 2.24) is 10.2 Å². The van der Waals surface area contributed by atoms with Crippen LogP contribution in [0.4, 0.5) is 0 Å². The van der Waals surface area contributed by atoms with Crippen LogP contribution in [0.5, 0.6) is 5.75 Å². The Morgan fingerprint density at radius 3 is 2.29 bits per heavy atom. The molecule has 4 fully saturated rings. The number of nitrogens with zero attached hydrogens (tertiary/aromatic N) is 1. The summed E-state index contributed by atoms with van der Waals surface area (Å²) in [4.78, 5) is 26.5. The van der Waals surface area contributed by atoms with Crippen molar-refractivity contribution in [2.45, 2.75) is 74.1 Å². The second kappa shape index (κ2) is 17.6.